The van der Waals surface area contributed by atoms with Gasteiger partial charge in [0.15, 0.2) is 0 Å². The topological polar surface area (TPSA) is 106 Å². The molecule has 0 fully saturated rings. The van der Waals surface area contributed by atoms with Crippen molar-refractivity contribution in [2.75, 3.05) is 6.54 Å². The number of hydrogen-bond acceptors (Lipinski definition) is 6. The van der Waals surface area contributed by atoms with Gasteiger partial charge in [-0.25, -0.2) is 4.39 Å². The van der Waals surface area contributed by atoms with Crippen LogP contribution in [0.3, 0.4) is 0 Å². The Hall–Kier alpha value is -4.47. The highest BCUT2D eigenvalue weighted by atomic mass is 19.1. The first kappa shape index (κ1) is 26.6. The second-order valence-corrected chi connectivity index (χ2v) is 9.31. The molecule has 4 rings (SSSR count). The van der Waals surface area contributed by atoms with Crippen LogP contribution in [0.5, 0.6) is 0 Å². The molecule has 0 radical (unpaired) electrons. The highest BCUT2D eigenvalue weighted by Gasteiger charge is 2.32. The number of pyridine rings is 1. The fourth-order valence-electron chi connectivity index (χ4n) is 3.94. The van der Waals surface area contributed by atoms with Crippen LogP contribution in [0.25, 0.3) is 11.4 Å². The van der Waals surface area contributed by atoms with E-state index < -0.39 is 6.04 Å². The molecule has 0 unspecified atom stereocenters. The molecular weight excluding hydrogens is 485 g/mol. The van der Waals surface area contributed by atoms with E-state index in [4.69, 9.17) is 0 Å². The van der Waals surface area contributed by atoms with E-state index in [0.717, 1.165) is 12.0 Å². The Morgan fingerprint density at radius 3 is 2.39 bits per heavy atom. The Balaban J connectivity index is 1.63. The van der Waals surface area contributed by atoms with Crippen molar-refractivity contribution in [1.29, 1.82) is 0 Å². The lowest BCUT2D eigenvalue weighted by molar-refractivity contribution is -0.142. The second-order valence-electron chi connectivity index (χ2n) is 9.31. The number of amides is 2. The summed E-state index contributed by atoms with van der Waals surface area (Å²) in [6, 6.07) is 17.7. The van der Waals surface area contributed by atoms with Crippen molar-refractivity contribution >= 4 is 11.8 Å². The first-order chi connectivity index (χ1) is 18.4. The predicted octanol–water partition coefficient (Wildman–Crippen LogP) is 3.81. The first-order valence-corrected chi connectivity index (χ1v) is 12.5. The fourth-order valence-corrected chi connectivity index (χ4v) is 3.94. The Labute approximate surface area is 220 Å². The summed E-state index contributed by atoms with van der Waals surface area (Å²) in [4.78, 5) is 34.1. The van der Waals surface area contributed by atoms with E-state index in [1.54, 1.807) is 36.7 Å². The van der Waals surface area contributed by atoms with Crippen LogP contribution in [0.1, 0.15) is 37.4 Å². The molecule has 38 heavy (non-hydrogen) atoms. The van der Waals surface area contributed by atoms with Gasteiger partial charge in [0.25, 0.3) is 0 Å². The second kappa shape index (κ2) is 12.7. The minimum atomic E-state index is -0.891. The molecule has 9 nitrogen and oxygen atoms in total. The van der Waals surface area contributed by atoms with E-state index in [1.807, 2.05) is 30.3 Å². The van der Waals surface area contributed by atoms with Crippen LogP contribution in [-0.4, -0.2) is 48.5 Å². The molecule has 10 heteroatoms. The molecule has 0 bridgehead atoms. The standard InChI is InChI=1S/C28H30FN7O2/c1-20(2)12-17-31-28(38)26(22-13-15-30-16-14-22)35(18-21-6-4-3-5-7-21)25(37)19-36-33-27(32-34-36)23-8-10-24(29)11-9-23/h3-11,13-16,20,26H,12,17-19H2,1-2H3,(H,31,38)/t26-/m1/s1. The molecule has 2 amide bonds. The Morgan fingerprint density at radius 2 is 1.71 bits per heavy atom. The molecule has 0 aliphatic carbocycles. The third-order valence-electron chi connectivity index (χ3n) is 5.95. The predicted molar refractivity (Wildman–Crippen MR) is 140 cm³/mol. The SMILES string of the molecule is CC(C)CCNC(=O)[C@@H](c1ccncc1)N(Cc1ccccc1)C(=O)Cn1nnc(-c2ccc(F)cc2)n1. The van der Waals surface area contributed by atoms with Crippen LogP contribution in [0.4, 0.5) is 4.39 Å². The van der Waals surface area contributed by atoms with Gasteiger partial charge in [0.05, 0.1) is 0 Å². The van der Waals surface area contributed by atoms with Crippen LogP contribution < -0.4 is 5.32 Å². The summed E-state index contributed by atoms with van der Waals surface area (Å²) in [5.41, 5.74) is 2.09. The molecule has 2 aromatic carbocycles. The fraction of sp³-hybridized carbons (Fsp3) is 0.286. The molecule has 0 spiro atoms. The van der Waals surface area contributed by atoms with Crippen molar-refractivity contribution in [2.24, 2.45) is 5.92 Å². The lowest BCUT2D eigenvalue weighted by Gasteiger charge is -2.31. The molecule has 0 aliphatic rings. The van der Waals surface area contributed by atoms with Crippen molar-refractivity contribution in [3.63, 3.8) is 0 Å². The molecule has 196 valence electrons. The number of tetrazole rings is 1. The van der Waals surface area contributed by atoms with Gasteiger partial charge in [-0.15, -0.1) is 10.2 Å². The normalized spacial score (nSPS) is 11.8. The zero-order chi connectivity index (χ0) is 26.9. The number of carbonyl (C=O) groups excluding carboxylic acids is 2. The minimum Gasteiger partial charge on any atom is -0.354 e. The number of aromatic nitrogens is 5. The van der Waals surface area contributed by atoms with Crippen molar-refractivity contribution in [3.8, 4) is 11.4 Å². The van der Waals surface area contributed by atoms with E-state index in [1.165, 1.54) is 21.8 Å². The summed E-state index contributed by atoms with van der Waals surface area (Å²) in [5.74, 6) is -0.325. The molecule has 1 atom stereocenters. The van der Waals surface area contributed by atoms with Crippen molar-refractivity contribution in [3.05, 3.63) is 96.1 Å². The highest BCUT2D eigenvalue weighted by Crippen LogP contribution is 2.24. The lowest BCUT2D eigenvalue weighted by Crippen LogP contribution is -2.45. The molecule has 4 aromatic rings. The minimum absolute atomic E-state index is 0.198. The zero-order valence-corrected chi connectivity index (χ0v) is 21.4. The first-order valence-electron chi connectivity index (χ1n) is 12.5. The number of halogens is 1. The summed E-state index contributed by atoms with van der Waals surface area (Å²) >= 11 is 0. The summed E-state index contributed by atoms with van der Waals surface area (Å²) in [6.45, 7) is 4.63. The van der Waals surface area contributed by atoms with Crippen LogP contribution in [0.15, 0.2) is 79.1 Å². The van der Waals surface area contributed by atoms with Gasteiger partial charge < -0.3 is 10.2 Å². The zero-order valence-electron chi connectivity index (χ0n) is 21.4. The maximum Gasteiger partial charge on any atom is 0.247 e. The Bertz CT molecular complexity index is 1330. The average molecular weight is 516 g/mol. The maximum atomic E-state index is 13.8. The van der Waals surface area contributed by atoms with Gasteiger partial charge in [-0.2, -0.15) is 4.80 Å². The Morgan fingerprint density at radius 1 is 1.00 bits per heavy atom. The largest absolute Gasteiger partial charge is 0.354 e. The monoisotopic (exact) mass is 515 g/mol. The molecule has 0 aliphatic heterocycles. The van der Waals surface area contributed by atoms with Crippen LogP contribution >= 0.6 is 0 Å². The van der Waals surface area contributed by atoms with E-state index in [2.05, 4.69) is 39.6 Å². The Kier molecular flexibility index (Phi) is 8.86. The smallest absolute Gasteiger partial charge is 0.247 e. The van der Waals surface area contributed by atoms with Gasteiger partial charge in [-0.3, -0.25) is 14.6 Å². The van der Waals surface area contributed by atoms with Crippen molar-refractivity contribution in [1.82, 2.24) is 35.4 Å². The van der Waals surface area contributed by atoms with E-state index in [0.29, 0.717) is 23.6 Å². The van der Waals surface area contributed by atoms with Gasteiger partial charge in [-0.1, -0.05) is 44.2 Å². The van der Waals surface area contributed by atoms with Gasteiger partial charge in [0.1, 0.15) is 18.4 Å². The van der Waals surface area contributed by atoms with Crippen molar-refractivity contribution in [2.45, 2.75) is 39.4 Å². The molecule has 2 heterocycles. The third-order valence-corrected chi connectivity index (χ3v) is 5.95. The van der Waals surface area contributed by atoms with Crippen molar-refractivity contribution < 1.29 is 14.0 Å². The van der Waals surface area contributed by atoms with Gasteiger partial charge in [0.2, 0.25) is 17.6 Å². The summed E-state index contributed by atoms with van der Waals surface area (Å²) in [7, 11) is 0. The summed E-state index contributed by atoms with van der Waals surface area (Å²) < 4.78 is 13.3. The number of hydrogen-bond donors (Lipinski definition) is 1. The molecule has 0 saturated heterocycles. The average Bonchev–Trinajstić information content (AvgIpc) is 3.38. The van der Waals surface area contributed by atoms with E-state index >= 15 is 0 Å². The van der Waals surface area contributed by atoms with Gasteiger partial charge >= 0.3 is 0 Å². The van der Waals surface area contributed by atoms with Crippen LogP contribution in [0, 0.1) is 11.7 Å². The molecule has 0 saturated carbocycles. The number of nitrogens with one attached hydrogen (secondary N) is 1. The van der Waals surface area contributed by atoms with Gasteiger partial charge in [0, 0.05) is 31.0 Å². The van der Waals surface area contributed by atoms with Crippen LogP contribution in [0.2, 0.25) is 0 Å². The van der Waals surface area contributed by atoms with Crippen LogP contribution in [-0.2, 0) is 22.7 Å². The third kappa shape index (κ3) is 7.06. The summed E-state index contributed by atoms with van der Waals surface area (Å²) in [5, 5.41) is 15.3. The molecule has 1 N–H and O–H groups in total. The number of benzene rings is 2. The number of nitrogens with zero attached hydrogens (tertiary/aromatic N) is 6. The number of carbonyl (C=O) groups is 2. The number of rotatable bonds is 11. The van der Waals surface area contributed by atoms with E-state index in [9.17, 15) is 14.0 Å². The molecule has 2 aromatic heterocycles. The van der Waals surface area contributed by atoms with Gasteiger partial charge in [-0.05, 0) is 65.1 Å². The lowest BCUT2D eigenvalue weighted by atomic mass is 10.0. The quantitative estimate of drug-likeness (QED) is 0.326. The van der Waals surface area contributed by atoms with E-state index in [-0.39, 0.29) is 36.5 Å². The summed E-state index contributed by atoms with van der Waals surface area (Å²) in [6.07, 6.45) is 4.02. The highest BCUT2D eigenvalue weighted by molar-refractivity contribution is 5.88. The maximum absolute atomic E-state index is 13.8. The molecular formula is C28H30FN7O2.